The van der Waals surface area contributed by atoms with Gasteiger partial charge in [-0.05, 0) is 25.3 Å². The first-order valence-electron chi connectivity index (χ1n) is 9.24. The topological polar surface area (TPSA) is 115 Å². The van der Waals surface area contributed by atoms with E-state index in [0.29, 0.717) is 13.1 Å². The van der Waals surface area contributed by atoms with E-state index >= 15 is 0 Å². The number of nitrogens with one attached hydrogen (secondary N) is 3. The molecule has 3 aromatic rings. The van der Waals surface area contributed by atoms with Gasteiger partial charge in [0.25, 0.3) is 11.5 Å². The van der Waals surface area contributed by atoms with Crippen LogP contribution in [0.4, 0.5) is 0 Å². The number of rotatable bonds is 3. The molecule has 1 aromatic carbocycles. The molecule has 4 rings (SSSR count). The lowest BCUT2D eigenvalue weighted by Crippen LogP contribution is -2.41. The number of aryl methyl sites for hydroxylation is 1. The van der Waals surface area contributed by atoms with E-state index in [2.05, 4.69) is 45.3 Å². The van der Waals surface area contributed by atoms with Gasteiger partial charge in [-0.3, -0.25) is 19.7 Å². The molecule has 1 fully saturated rings. The van der Waals surface area contributed by atoms with E-state index in [1.807, 2.05) is 12.3 Å². The maximum absolute atomic E-state index is 12.6. The Kier molecular flexibility index (Phi) is 4.68. The standard InChI is InChI=1S/C20H21N5O3/c1-12-3-2-4-14(9-12)15-11-22-24-17(15)13-5-7-25(8-6-13)19(27)16-10-21-20(28)23-18(16)26/h2-4,9-11,13H,5-8H2,1H3,(H,22,24)(H2,21,23,26,28). The van der Waals surface area contributed by atoms with Gasteiger partial charge in [0, 0.05) is 36.5 Å². The first-order valence-corrected chi connectivity index (χ1v) is 9.24. The summed E-state index contributed by atoms with van der Waals surface area (Å²) >= 11 is 0. The number of hydrogen-bond donors (Lipinski definition) is 3. The largest absolute Gasteiger partial charge is 0.338 e. The normalized spacial score (nSPS) is 15.0. The number of piperidine rings is 1. The molecule has 144 valence electrons. The van der Waals surface area contributed by atoms with Gasteiger partial charge in [-0.25, -0.2) is 4.79 Å². The van der Waals surface area contributed by atoms with Crippen LogP contribution in [0.25, 0.3) is 11.1 Å². The summed E-state index contributed by atoms with van der Waals surface area (Å²) in [7, 11) is 0. The van der Waals surface area contributed by atoms with Crippen LogP contribution in [0, 0.1) is 6.92 Å². The lowest BCUT2D eigenvalue weighted by molar-refractivity contribution is 0.0710. The number of likely N-dealkylation sites (tertiary alicyclic amines) is 1. The first kappa shape index (κ1) is 18.0. The highest BCUT2D eigenvalue weighted by Crippen LogP contribution is 2.34. The molecule has 8 nitrogen and oxygen atoms in total. The second-order valence-electron chi connectivity index (χ2n) is 7.12. The molecule has 0 aliphatic carbocycles. The van der Waals surface area contributed by atoms with Gasteiger partial charge < -0.3 is 9.88 Å². The third-order valence-corrected chi connectivity index (χ3v) is 5.24. The molecule has 1 saturated heterocycles. The molecule has 1 aliphatic heterocycles. The van der Waals surface area contributed by atoms with Gasteiger partial charge in [-0.15, -0.1) is 0 Å². The van der Waals surface area contributed by atoms with E-state index in [1.54, 1.807) is 4.90 Å². The van der Waals surface area contributed by atoms with Gasteiger partial charge in [-0.1, -0.05) is 29.8 Å². The van der Waals surface area contributed by atoms with Crippen molar-refractivity contribution in [3.8, 4) is 11.1 Å². The predicted octanol–water partition coefficient (Wildman–Crippen LogP) is 1.78. The summed E-state index contributed by atoms with van der Waals surface area (Å²) in [5.41, 5.74) is 3.16. The highest BCUT2D eigenvalue weighted by atomic mass is 16.2. The Labute approximate surface area is 160 Å². The number of carbonyl (C=O) groups excluding carboxylic acids is 1. The summed E-state index contributed by atoms with van der Waals surface area (Å²) < 4.78 is 0. The zero-order valence-electron chi connectivity index (χ0n) is 15.5. The van der Waals surface area contributed by atoms with Crippen LogP contribution in [0.5, 0.6) is 0 Å². The molecule has 2 aromatic heterocycles. The summed E-state index contributed by atoms with van der Waals surface area (Å²) in [6, 6.07) is 8.30. The van der Waals surface area contributed by atoms with Crippen LogP contribution >= 0.6 is 0 Å². The number of aromatic nitrogens is 4. The second kappa shape index (κ2) is 7.30. The molecule has 0 bridgehead atoms. The molecule has 1 amide bonds. The van der Waals surface area contributed by atoms with Crippen LogP contribution in [0.1, 0.15) is 40.4 Å². The third kappa shape index (κ3) is 3.40. The molecule has 8 heteroatoms. The molecular formula is C20H21N5O3. The number of carbonyl (C=O) groups is 1. The van der Waals surface area contributed by atoms with E-state index in [1.165, 1.54) is 11.8 Å². The van der Waals surface area contributed by atoms with Crippen molar-refractivity contribution in [1.82, 2.24) is 25.1 Å². The highest BCUT2D eigenvalue weighted by Gasteiger charge is 2.28. The summed E-state index contributed by atoms with van der Waals surface area (Å²) in [4.78, 5) is 41.7. The maximum Gasteiger partial charge on any atom is 0.325 e. The van der Waals surface area contributed by atoms with Crippen LogP contribution in [-0.2, 0) is 0 Å². The zero-order chi connectivity index (χ0) is 19.7. The summed E-state index contributed by atoms with van der Waals surface area (Å²) in [5, 5.41) is 7.38. The van der Waals surface area contributed by atoms with E-state index < -0.39 is 11.2 Å². The minimum Gasteiger partial charge on any atom is -0.338 e. The summed E-state index contributed by atoms with van der Waals surface area (Å²) in [6.45, 7) is 3.13. The minimum absolute atomic E-state index is 0.0416. The number of nitrogens with zero attached hydrogens (tertiary/aromatic N) is 2. The number of aromatic amines is 3. The van der Waals surface area contributed by atoms with Crippen LogP contribution in [-0.4, -0.2) is 44.1 Å². The third-order valence-electron chi connectivity index (χ3n) is 5.24. The van der Waals surface area contributed by atoms with Gasteiger partial charge in [0.2, 0.25) is 0 Å². The first-order chi connectivity index (χ1) is 13.5. The Morgan fingerprint density at radius 2 is 2.00 bits per heavy atom. The second-order valence-corrected chi connectivity index (χ2v) is 7.12. The van der Waals surface area contributed by atoms with Gasteiger partial charge in [-0.2, -0.15) is 5.10 Å². The highest BCUT2D eigenvalue weighted by molar-refractivity contribution is 5.93. The lowest BCUT2D eigenvalue weighted by Gasteiger charge is -2.31. The van der Waals surface area contributed by atoms with Crippen molar-refractivity contribution in [2.45, 2.75) is 25.7 Å². The van der Waals surface area contributed by atoms with E-state index in [4.69, 9.17) is 0 Å². The Balaban J connectivity index is 1.49. The fourth-order valence-electron chi connectivity index (χ4n) is 3.76. The molecule has 0 unspecified atom stereocenters. The molecule has 3 heterocycles. The van der Waals surface area contributed by atoms with Crippen molar-refractivity contribution in [2.24, 2.45) is 0 Å². The lowest BCUT2D eigenvalue weighted by atomic mass is 9.89. The Bertz CT molecular complexity index is 1120. The number of H-pyrrole nitrogens is 3. The van der Waals surface area contributed by atoms with Crippen molar-refractivity contribution in [3.05, 3.63) is 74.3 Å². The summed E-state index contributed by atoms with van der Waals surface area (Å²) in [5.74, 6) is -0.101. The number of benzene rings is 1. The Hall–Kier alpha value is -3.42. The van der Waals surface area contributed by atoms with E-state index in [-0.39, 0.29) is 17.4 Å². The van der Waals surface area contributed by atoms with Crippen LogP contribution < -0.4 is 11.2 Å². The zero-order valence-corrected chi connectivity index (χ0v) is 15.5. The monoisotopic (exact) mass is 379 g/mol. The summed E-state index contributed by atoms with van der Waals surface area (Å²) in [6.07, 6.45) is 4.57. The Morgan fingerprint density at radius 1 is 1.21 bits per heavy atom. The van der Waals surface area contributed by atoms with E-state index in [0.717, 1.165) is 29.7 Å². The average Bonchev–Trinajstić information content (AvgIpc) is 3.17. The molecule has 0 radical (unpaired) electrons. The predicted molar refractivity (Wildman–Crippen MR) is 104 cm³/mol. The van der Waals surface area contributed by atoms with Crippen molar-refractivity contribution in [2.75, 3.05) is 13.1 Å². The number of hydrogen-bond acceptors (Lipinski definition) is 4. The Morgan fingerprint density at radius 3 is 2.71 bits per heavy atom. The maximum atomic E-state index is 12.6. The minimum atomic E-state index is -0.661. The SMILES string of the molecule is Cc1cccc(-c2cn[nH]c2C2CCN(C(=O)c3c[nH]c(=O)[nH]c3=O)CC2)c1. The van der Waals surface area contributed by atoms with Crippen LogP contribution in [0.15, 0.2) is 46.2 Å². The van der Waals surface area contributed by atoms with Crippen molar-refractivity contribution >= 4 is 5.91 Å². The van der Waals surface area contributed by atoms with Gasteiger partial charge in [0.1, 0.15) is 5.56 Å². The number of amides is 1. The average molecular weight is 379 g/mol. The van der Waals surface area contributed by atoms with Crippen molar-refractivity contribution in [3.63, 3.8) is 0 Å². The molecule has 28 heavy (non-hydrogen) atoms. The van der Waals surface area contributed by atoms with Gasteiger partial charge in [0.05, 0.1) is 6.20 Å². The van der Waals surface area contributed by atoms with Crippen molar-refractivity contribution < 1.29 is 4.79 Å². The quantitative estimate of drug-likeness (QED) is 0.643. The molecule has 0 saturated carbocycles. The smallest absolute Gasteiger partial charge is 0.325 e. The molecular weight excluding hydrogens is 358 g/mol. The molecule has 0 spiro atoms. The fraction of sp³-hybridized carbons (Fsp3) is 0.300. The fourth-order valence-corrected chi connectivity index (χ4v) is 3.76. The van der Waals surface area contributed by atoms with Crippen molar-refractivity contribution in [1.29, 1.82) is 0 Å². The van der Waals surface area contributed by atoms with Gasteiger partial charge >= 0.3 is 5.69 Å². The molecule has 0 atom stereocenters. The van der Waals surface area contributed by atoms with Gasteiger partial charge in [0.15, 0.2) is 0 Å². The van der Waals surface area contributed by atoms with Crippen LogP contribution in [0.3, 0.4) is 0 Å². The molecule has 3 N–H and O–H groups in total. The van der Waals surface area contributed by atoms with E-state index in [9.17, 15) is 14.4 Å². The van der Waals surface area contributed by atoms with Crippen LogP contribution in [0.2, 0.25) is 0 Å². The molecule has 1 aliphatic rings.